The highest BCUT2D eigenvalue weighted by molar-refractivity contribution is 6.06. The molecule has 1 fully saturated rings. The standard InChI is InChI=1S/C23H24N4O2/c1-26(19-7-3-2-4-8-19)20-15-18(16-24-17-20)23(28)25-21-9-5-6-10-22(21)27-11-13-29-14-12-27/h2-10,15-17H,11-14H2,1H3,(H,25,28). The van der Waals surface area contributed by atoms with Gasteiger partial charge in [-0.1, -0.05) is 30.3 Å². The normalized spacial score (nSPS) is 13.8. The first-order chi connectivity index (χ1) is 14.2. The lowest BCUT2D eigenvalue weighted by atomic mass is 10.2. The zero-order valence-electron chi connectivity index (χ0n) is 16.4. The second-order valence-corrected chi connectivity index (χ2v) is 6.90. The highest BCUT2D eigenvalue weighted by Crippen LogP contribution is 2.28. The van der Waals surface area contributed by atoms with E-state index in [2.05, 4.69) is 15.2 Å². The number of nitrogens with one attached hydrogen (secondary N) is 1. The summed E-state index contributed by atoms with van der Waals surface area (Å²) in [6, 6.07) is 19.7. The van der Waals surface area contributed by atoms with Gasteiger partial charge < -0.3 is 19.9 Å². The molecule has 148 valence electrons. The Balaban J connectivity index is 1.54. The van der Waals surface area contributed by atoms with Crippen molar-refractivity contribution in [2.45, 2.75) is 0 Å². The van der Waals surface area contributed by atoms with Crippen LogP contribution >= 0.6 is 0 Å². The van der Waals surface area contributed by atoms with Crippen LogP contribution in [0.2, 0.25) is 0 Å². The Bertz CT molecular complexity index is 971. The zero-order valence-corrected chi connectivity index (χ0v) is 16.4. The topological polar surface area (TPSA) is 57.7 Å². The summed E-state index contributed by atoms with van der Waals surface area (Å²) in [6.45, 7) is 3.01. The molecule has 1 aliphatic heterocycles. The molecule has 0 saturated carbocycles. The van der Waals surface area contributed by atoms with E-state index in [1.54, 1.807) is 12.4 Å². The van der Waals surface area contributed by atoms with Gasteiger partial charge in [-0.15, -0.1) is 0 Å². The van der Waals surface area contributed by atoms with Gasteiger partial charge in [0.15, 0.2) is 0 Å². The molecule has 0 atom stereocenters. The van der Waals surface area contributed by atoms with Crippen LogP contribution in [0.25, 0.3) is 0 Å². The summed E-state index contributed by atoms with van der Waals surface area (Å²) in [5.74, 6) is -0.179. The van der Waals surface area contributed by atoms with Crippen LogP contribution < -0.4 is 15.1 Å². The van der Waals surface area contributed by atoms with Crippen molar-refractivity contribution in [1.82, 2.24) is 4.98 Å². The van der Waals surface area contributed by atoms with Crippen molar-refractivity contribution >= 4 is 28.7 Å². The van der Waals surface area contributed by atoms with Gasteiger partial charge in [0.05, 0.1) is 42.0 Å². The highest BCUT2D eigenvalue weighted by atomic mass is 16.5. The predicted molar refractivity (Wildman–Crippen MR) is 116 cm³/mol. The largest absolute Gasteiger partial charge is 0.378 e. The lowest BCUT2D eigenvalue weighted by Crippen LogP contribution is -2.36. The number of aromatic nitrogens is 1. The summed E-state index contributed by atoms with van der Waals surface area (Å²) >= 11 is 0. The Hall–Kier alpha value is -3.38. The van der Waals surface area contributed by atoms with E-state index < -0.39 is 0 Å². The highest BCUT2D eigenvalue weighted by Gasteiger charge is 2.17. The molecule has 0 aliphatic carbocycles. The van der Waals surface area contributed by atoms with E-state index in [9.17, 15) is 4.79 Å². The quantitative estimate of drug-likeness (QED) is 0.718. The van der Waals surface area contributed by atoms with Crippen molar-refractivity contribution < 1.29 is 9.53 Å². The predicted octanol–water partition coefficient (Wildman–Crippen LogP) is 3.94. The molecular weight excluding hydrogens is 364 g/mol. The van der Waals surface area contributed by atoms with E-state index in [1.807, 2.05) is 72.6 Å². The number of rotatable bonds is 5. The molecule has 0 radical (unpaired) electrons. The Labute approximate surface area is 170 Å². The molecule has 0 unspecified atom stereocenters. The maximum atomic E-state index is 12.9. The minimum absolute atomic E-state index is 0.179. The molecule has 6 nitrogen and oxygen atoms in total. The molecule has 2 heterocycles. The first kappa shape index (κ1) is 19.0. The fourth-order valence-corrected chi connectivity index (χ4v) is 3.39. The molecule has 1 saturated heterocycles. The van der Waals surface area contributed by atoms with Gasteiger partial charge in [-0.3, -0.25) is 9.78 Å². The van der Waals surface area contributed by atoms with Gasteiger partial charge >= 0.3 is 0 Å². The number of morpholine rings is 1. The smallest absolute Gasteiger partial charge is 0.257 e. The average Bonchev–Trinajstić information content (AvgIpc) is 2.80. The second-order valence-electron chi connectivity index (χ2n) is 6.90. The molecule has 1 N–H and O–H groups in total. The Morgan fingerprint density at radius 3 is 2.52 bits per heavy atom. The first-order valence-corrected chi connectivity index (χ1v) is 9.69. The second kappa shape index (κ2) is 8.75. The van der Waals surface area contributed by atoms with Crippen molar-refractivity contribution in [3.05, 3.63) is 78.6 Å². The Morgan fingerprint density at radius 2 is 1.72 bits per heavy atom. The van der Waals surface area contributed by atoms with Gasteiger partial charge in [0, 0.05) is 32.0 Å². The van der Waals surface area contributed by atoms with Gasteiger partial charge in [-0.2, -0.15) is 0 Å². The molecule has 6 heteroatoms. The molecule has 1 aliphatic rings. The average molecular weight is 388 g/mol. The minimum Gasteiger partial charge on any atom is -0.378 e. The van der Waals surface area contributed by atoms with E-state index in [1.165, 1.54) is 0 Å². The lowest BCUT2D eigenvalue weighted by molar-refractivity contribution is 0.102. The third kappa shape index (κ3) is 4.38. The SMILES string of the molecule is CN(c1ccccc1)c1cncc(C(=O)Nc2ccccc2N2CCOCC2)c1. The fraction of sp³-hybridized carbons (Fsp3) is 0.217. The van der Waals surface area contributed by atoms with Crippen LogP contribution in [-0.2, 0) is 4.74 Å². The maximum Gasteiger partial charge on any atom is 0.257 e. The van der Waals surface area contributed by atoms with Crippen molar-refractivity contribution in [2.24, 2.45) is 0 Å². The molecule has 4 rings (SSSR count). The number of ether oxygens (including phenoxy) is 1. The molecule has 0 spiro atoms. The summed E-state index contributed by atoms with van der Waals surface area (Å²) in [5, 5.41) is 3.05. The van der Waals surface area contributed by atoms with Crippen molar-refractivity contribution in [2.75, 3.05) is 48.5 Å². The zero-order chi connectivity index (χ0) is 20.1. The van der Waals surface area contributed by atoms with E-state index in [0.29, 0.717) is 18.8 Å². The molecular formula is C23H24N4O2. The molecule has 1 amide bonds. The van der Waals surface area contributed by atoms with Crippen LogP contribution in [0.5, 0.6) is 0 Å². The number of nitrogens with zero attached hydrogens (tertiary/aromatic N) is 3. The third-order valence-electron chi connectivity index (χ3n) is 5.02. The number of carbonyl (C=O) groups is 1. The number of benzene rings is 2. The number of hydrogen-bond donors (Lipinski definition) is 1. The summed E-state index contributed by atoms with van der Waals surface area (Å²) in [5.41, 5.74) is 4.20. The van der Waals surface area contributed by atoms with Crippen LogP contribution in [0.4, 0.5) is 22.7 Å². The molecule has 2 aromatic carbocycles. The summed E-state index contributed by atoms with van der Waals surface area (Å²) in [4.78, 5) is 21.5. The number of para-hydroxylation sites is 3. The molecule has 1 aromatic heterocycles. The van der Waals surface area contributed by atoms with Gasteiger partial charge in [-0.05, 0) is 30.3 Å². The van der Waals surface area contributed by atoms with Gasteiger partial charge in [0.1, 0.15) is 0 Å². The van der Waals surface area contributed by atoms with Crippen LogP contribution in [0.1, 0.15) is 10.4 Å². The Kier molecular flexibility index (Phi) is 5.72. The van der Waals surface area contributed by atoms with Crippen molar-refractivity contribution in [3.63, 3.8) is 0 Å². The number of carbonyl (C=O) groups excluding carboxylic acids is 1. The lowest BCUT2D eigenvalue weighted by Gasteiger charge is -2.30. The van der Waals surface area contributed by atoms with E-state index in [4.69, 9.17) is 4.74 Å². The first-order valence-electron chi connectivity index (χ1n) is 9.69. The molecule has 29 heavy (non-hydrogen) atoms. The number of pyridine rings is 1. The number of anilines is 4. The monoisotopic (exact) mass is 388 g/mol. The van der Waals surface area contributed by atoms with Gasteiger partial charge in [0.25, 0.3) is 5.91 Å². The third-order valence-corrected chi connectivity index (χ3v) is 5.02. The van der Waals surface area contributed by atoms with E-state index in [0.717, 1.165) is 35.8 Å². The molecule has 3 aromatic rings. The van der Waals surface area contributed by atoms with Crippen LogP contribution in [-0.4, -0.2) is 44.2 Å². The minimum atomic E-state index is -0.179. The van der Waals surface area contributed by atoms with Crippen LogP contribution in [0.15, 0.2) is 73.1 Å². The van der Waals surface area contributed by atoms with Crippen molar-refractivity contribution in [1.29, 1.82) is 0 Å². The van der Waals surface area contributed by atoms with Crippen molar-refractivity contribution in [3.8, 4) is 0 Å². The summed E-state index contributed by atoms with van der Waals surface area (Å²) in [7, 11) is 1.96. The molecule has 0 bridgehead atoms. The van der Waals surface area contributed by atoms with Gasteiger partial charge in [0.2, 0.25) is 0 Å². The van der Waals surface area contributed by atoms with E-state index >= 15 is 0 Å². The summed E-state index contributed by atoms with van der Waals surface area (Å²) in [6.07, 6.45) is 3.35. The fourth-order valence-electron chi connectivity index (χ4n) is 3.39. The number of amides is 1. The summed E-state index contributed by atoms with van der Waals surface area (Å²) < 4.78 is 5.44. The van der Waals surface area contributed by atoms with Crippen LogP contribution in [0.3, 0.4) is 0 Å². The number of hydrogen-bond acceptors (Lipinski definition) is 5. The Morgan fingerprint density at radius 1 is 1.00 bits per heavy atom. The van der Waals surface area contributed by atoms with Gasteiger partial charge in [-0.25, -0.2) is 0 Å². The van der Waals surface area contributed by atoms with Crippen LogP contribution in [0, 0.1) is 0 Å². The van der Waals surface area contributed by atoms with E-state index in [-0.39, 0.29) is 5.91 Å². The maximum absolute atomic E-state index is 12.9.